The van der Waals surface area contributed by atoms with Gasteiger partial charge in [-0.25, -0.2) is 0 Å². The molecule has 0 aliphatic carbocycles. The van der Waals surface area contributed by atoms with Crippen LogP contribution in [0, 0.1) is 0 Å². The minimum atomic E-state index is 0.480. The number of morpholine rings is 1. The number of benzene rings is 1. The molecule has 1 fully saturated rings. The molecule has 2 unspecified atom stereocenters. The van der Waals surface area contributed by atoms with E-state index in [2.05, 4.69) is 48.2 Å². The van der Waals surface area contributed by atoms with Crippen LogP contribution < -0.4 is 0 Å². The Kier molecular flexibility index (Phi) is 5.69. The van der Waals surface area contributed by atoms with Gasteiger partial charge in [0.1, 0.15) is 0 Å². The fourth-order valence-corrected chi connectivity index (χ4v) is 3.75. The van der Waals surface area contributed by atoms with Gasteiger partial charge in [0.15, 0.2) is 0 Å². The maximum atomic E-state index is 5.81. The van der Waals surface area contributed by atoms with E-state index in [9.17, 15) is 0 Å². The molecule has 0 aromatic heterocycles. The van der Waals surface area contributed by atoms with Crippen LogP contribution in [0.2, 0.25) is 0 Å². The van der Waals surface area contributed by atoms with E-state index in [0.29, 0.717) is 12.1 Å². The molecule has 0 amide bonds. The second-order valence-corrected chi connectivity index (χ2v) is 6.76. The Labute approximate surface area is 135 Å². The molecule has 2 nitrogen and oxygen atoms in total. The van der Waals surface area contributed by atoms with Crippen LogP contribution in [0.5, 0.6) is 0 Å². The summed E-state index contributed by atoms with van der Waals surface area (Å²) in [6.07, 6.45) is 10.4. The monoisotopic (exact) mass is 299 g/mol. The molecule has 1 saturated heterocycles. The molecule has 2 atom stereocenters. The zero-order valence-electron chi connectivity index (χ0n) is 13.8. The molecule has 0 spiro atoms. The molecule has 2 aliphatic heterocycles. The third kappa shape index (κ3) is 3.99. The molecule has 3 rings (SSSR count). The summed E-state index contributed by atoms with van der Waals surface area (Å²) in [5.41, 5.74) is 3.10. The number of ether oxygens (including phenoxy) is 1. The highest BCUT2D eigenvalue weighted by atomic mass is 16.5. The molecule has 2 heterocycles. The van der Waals surface area contributed by atoms with Crippen LogP contribution in [0.15, 0.2) is 42.0 Å². The molecule has 2 bridgehead atoms. The Morgan fingerprint density at radius 1 is 1.09 bits per heavy atom. The summed E-state index contributed by atoms with van der Waals surface area (Å²) in [6.45, 7) is 5.10. The van der Waals surface area contributed by atoms with E-state index in [1.807, 2.05) is 0 Å². The SMILES string of the molecule is CCCCCCC1=CC2COCC(C1)N2Cc1ccccc1. The smallest absolute Gasteiger partial charge is 0.0658 e. The van der Waals surface area contributed by atoms with Crippen molar-refractivity contribution >= 4 is 0 Å². The van der Waals surface area contributed by atoms with Crippen LogP contribution in [0.4, 0.5) is 0 Å². The quantitative estimate of drug-likeness (QED) is 0.541. The molecule has 0 radical (unpaired) electrons. The van der Waals surface area contributed by atoms with Crippen molar-refractivity contribution in [2.24, 2.45) is 0 Å². The fraction of sp³-hybridized carbons (Fsp3) is 0.600. The van der Waals surface area contributed by atoms with Crippen molar-refractivity contribution in [3.63, 3.8) is 0 Å². The largest absolute Gasteiger partial charge is 0.378 e. The van der Waals surface area contributed by atoms with Gasteiger partial charge in [-0.1, -0.05) is 68.2 Å². The Bertz CT molecular complexity index is 482. The van der Waals surface area contributed by atoms with Crippen molar-refractivity contribution < 1.29 is 4.74 Å². The maximum Gasteiger partial charge on any atom is 0.0658 e. The summed E-state index contributed by atoms with van der Waals surface area (Å²) < 4.78 is 5.81. The van der Waals surface area contributed by atoms with Crippen LogP contribution in [-0.4, -0.2) is 30.2 Å². The average Bonchev–Trinajstić information content (AvgIpc) is 2.53. The molecule has 1 aromatic carbocycles. The molecular weight excluding hydrogens is 270 g/mol. The molecule has 0 saturated carbocycles. The summed E-state index contributed by atoms with van der Waals surface area (Å²) in [7, 11) is 0. The van der Waals surface area contributed by atoms with Gasteiger partial charge in [-0.15, -0.1) is 0 Å². The first-order valence-electron chi connectivity index (χ1n) is 8.94. The molecule has 1 aromatic rings. The van der Waals surface area contributed by atoms with Crippen molar-refractivity contribution in [2.45, 2.75) is 64.1 Å². The van der Waals surface area contributed by atoms with Gasteiger partial charge in [0, 0.05) is 12.6 Å². The predicted octanol–water partition coefficient (Wildman–Crippen LogP) is 4.56. The highest BCUT2D eigenvalue weighted by Crippen LogP contribution is 2.30. The minimum absolute atomic E-state index is 0.480. The molecule has 0 N–H and O–H groups in total. The second kappa shape index (κ2) is 7.94. The Hall–Kier alpha value is -1.12. The third-order valence-corrected chi connectivity index (χ3v) is 4.98. The standard InChI is InChI=1S/C20H29NO/c1-2-3-4-6-11-18-12-19-15-22-16-20(13-18)21(19)14-17-9-7-5-8-10-17/h5,7-10,12,19-20H,2-4,6,11,13-16H2,1H3. The van der Waals surface area contributed by atoms with E-state index in [0.717, 1.165) is 19.8 Å². The van der Waals surface area contributed by atoms with Crippen molar-refractivity contribution in [3.05, 3.63) is 47.5 Å². The van der Waals surface area contributed by atoms with E-state index >= 15 is 0 Å². The summed E-state index contributed by atoms with van der Waals surface area (Å²) >= 11 is 0. The van der Waals surface area contributed by atoms with Crippen molar-refractivity contribution in [3.8, 4) is 0 Å². The highest BCUT2D eigenvalue weighted by Gasteiger charge is 2.34. The fourth-order valence-electron chi connectivity index (χ4n) is 3.75. The van der Waals surface area contributed by atoms with E-state index in [4.69, 9.17) is 4.74 Å². The van der Waals surface area contributed by atoms with Crippen LogP contribution in [0.1, 0.15) is 51.0 Å². The summed E-state index contributed by atoms with van der Waals surface area (Å²) in [5.74, 6) is 0. The number of unbranched alkanes of at least 4 members (excludes halogenated alkanes) is 3. The maximum absolute atomic E-state index is 5.81. The van der Waals surface area contributed by atoms with Crippen LogP contribution in [-0.2, 0) is 11.3 Å². The zero-order chi connectivity index (χ0) is 15.2. The first kappa shape index (κ1) is 15.8. The predicted molar refractivity (Wildman–Crippen MR) is 91.8 cm³/mol. The lowest BCUT2D eigenvalue weighted by atomic mass is 9.90. The van der Waals surface area contributed by atoms with Crippen molar-refractivity contribution in [1.29, 1.82) is 0 Å². The van der Waals surface area contributed by atoms with Gasteiger partial charge in [-0.2, -0.15) is 0 Å². The van der Waals surface area contributed by atoms with Crippen LogP contribution in [0.25, 0.3) is 0 Å². The average molecular weight is 299 g/mol. The number of rotatable bonds is 7. The minimum Gasteiger partial charge on any atom is -0.378 e. The van der Waals surface area contributed by atoms with E-state index in [1.165, 1.54) is 44.1 Å². The van der Waals surface area contributed by atoms with Crippen molar-refractivity contribution in [2.75, 3.05) is 13.2 Å². The first-order chi connectivity index (χ1) is 10.9. The van der Waals surface area contributed by atoms with Gasteiger partial charge >= 0.3 is 0 Å². The molecule has 2 aliphatic rings. The lowest BCUT2D eigenvalue weighted by molar-refractivity contribution is -0.0442. The Morgan fingerprint density at radius 3 is 2.73 bits per heavy atom. The number of hydrogen-bond donors (Lipinski definition) is 0. The molecule has 2 heteroatoms. The topological polar surface area (TPSA) is 12.5 Å². The lowest BCUT2D eigenvalue weighted by Crippen LogP contribution is -2.53. The number of nitrogens with zero attached hydrogens (tertiary/aromatic N) is 1. The van der Waals surface area contributed by atoms with Gasteiger partial charge in [-0.3, -0.25) is 4.90 Å². The van der Waals surface area contributed by atoms with Gasteiger partial charge in [0.2, 0.25) is 0 Å². The Morgan fingerprint density at radius 2 is 1.95 bits per heavy atom. The first-order valence-corrected chi connectivity index (χ1v) is 8.94. The number of fused-ring (bicyclic) bond motifs is 2. The van der Waals surface area contributed by atoms with Gasteiger partial charge in [0.25, 0.3) is 0 Å². The number of hydrogen-bond acceptors (Lipinski definition) is 2. The van der Waals surface area contributed by atoms with Crippen LogP contribution in [0.3, 0.4) is 0 Å². The normalized spacial score (nSPS) is 25.0. The molecule has 22 heavy (non-hydrogen) atoms. The van der Waals surface area contributed by atoms with E-state index < -0.39 is 0 Å². The lowest BCUT2D eigenvalue weighted by Gasteiger charge is -2.45. The van der Waals surface area contributed by atoms with E-state index in [1.54, 1.807) is 5.57 Å². The van der Waals surface area contributed by atoms with Gasteiger partial charge in [-0.05, 0) is 24.8 Å². The summed E-state index contributed by atoms with van der Waals surface area (Å²) in [4.78, 5) is 2.65. The Balaban J connectivity index is 1.61. The molecule has 120 valence electrons. The van der Waals surface area contributed by atoms with Gasteiger partial charge in [0.05, 0.1) is 19.3 Å². The third-order valence-electron chi connectivity index (χ3n) is 4.98. The second-order valence-electron chi connectivity index (χ2n) is 6.76. The van der Waals surface area contributed by atoms with E-state index in [-0.39, 0.29) is 0 Å². The molecular formula is C20H29NO. The summed E-state index contributed by atoms with van der Waals surface area (Å²) in [5, 5.41) is 0. The van der Waals surface area contributed by atoms with Crippen LogP contribution >= 0.6 is 0 Å². The summed E-state index contributed by atoms with van der Waals surface area (Å²) in [6, 6.07) is 11.9. The zero-order valence-corrected chi connectivity index (χ0v) is 13.8. The van der Waals surface area contributed by atoms with Gasteiger partial charge < -0.3 is 4.74 Å². The highest BCUT2D eigenvalue weighted by molar-refractivity contribution is 5.19. The van der Waals surface area contributed by atoms with Crippen molar-refractivity contribution in [1.82, 2.24) is 4.90 Å².